The average Bonchev–Trinajstić information content (AvgIpc) is 3.14. The van der Waals surface area contributed by atoms with Crippen LogP contribution in [0.3, 0.4) is 0 Å². The van der Waals surface area contributed by atoms with E-state index in [9.17, 15) is 4.79 Å². The Morgan fingerprint density at radius 2 is 2.38 bits per heavy atom. The van der Waals surface area contributed by atoms with Gasteiger partial charge in [-0.1, -0.05) is 6.07 Å². The summed E-state index contributed by atoms with van der Waals surface area (Å²) in [4.78, 5) is 16.5. The summed E-state index contributed by atoms with van der Waals surface area (Å²) in [6, 6.07) is 7.80. The molecule has 1 aliphatic heterocycles. The van der Waals surface area contributed by atoms with Crippen molar-refractivity contribution in [2.24, 2.45) is 0 Å². The lowest BCUT2D eigenvalue weighted by Gasteiger charge is -2.32. The lowest BCUT2D eigenvalue weighted by Crippen LogP contribution is -2.50. The fourth-order valence-electron chi connectivity index (χ4n) is 2.69. The Bertz CT molecular complexity index is 618. The zero-order valence-electron chi connectivity index (χ0n) is 13.5. The third-order valence-electron chi connectivity index (χ3n) is 4.04. The maximum absolute atomic E-state index is 12.2. The Morgan fingerprint density at radius 1 is 1.42 bits per heavy atom. The van der Waals surface area contributed by atoms with Crippen LogP contribution < -0.4 is 5.32 Å². The van der Waals surface area contributed by atoms with Crippen LogP contribution in [0.2, 0.25) is 0 Å². The highest BCUT2D eigenvalue weighted by atomic mass is 32.1. The van der Waals surface area contributed by atoms with Gasteiger partial charge in [0, 0.05) is 19.2 Å². The van der Waals surface area contributed by atoms with Crippen molar-refractivity contribution in [3.63, 3.8) is 0 Å². The molecule has 0 unspecified atom stereocenters. The number of thiophene rings is 1. The van der Waals surface area contributed by atoms with Gasteiger partial charge in [-0.05, 0) is 47.4 Å². The number of pyridine rings is 1. The predicted octanol–water partition coefficient (Wildman–Crippen LogP) is 2.57. The van der Waals surface area contributed by atoms with E-state index in [1.165, 1.54) is 5.56 Å². The second-order valence-corrected chi connectivity index (χ2v) is 6.62. The van der Waals surface area contributed by atoms with Crippen molar-refractivity contribution < 1.29 is 14.3 Å². The van der Waals surface area contributed by atoms with Gasteiger partial charge in [-0.25, -0.2) is 0 Å². The molecule has 0 aliphatic carbocycles. The number of rotatable bonds is 7. The summed E-state index contributed by atoms with van der Waals surface area (Å²) in [6.45, 7) is 1.58. The molecular weight excluding hydrogens is 324 g/mol. The van der Waals surface area contributed by atoms with Crippen LogP contribution in [0.4, 0.5) is 0 Å². The Hall–Kier alpha value is -1.76. The number of amides is 1. The minimum atomic E-state index is -0.133. The van der Waals surface area contributed by atoms with Gasteiger partial charge in [0.15, 0.2) is 0 Å². The third-order valence-corrected chi connectivity index (χ3v) is 4.77. The molecule has 1 saturated heterocycles. The quantitative estimate of drug-likeness (QED) is 0.837. The first-order valence-electron chi connectivity index (χ1n) is 8.21. The standard InChI is InChI=1S/C18H22N2O3S/c21-18(5-4-14-7-10-24-13-14)20-16-6-9-22-12-17(16)23-11-15-3-1-2-8-19-15/h1-3,7-8,10,13,16-17H,4-6,9,11-12H2,(H,20,21)/t16-,17-/m1/s1. The fraction of sp³-hybridized carbons (Fsp3) is 0.444. The van der Waals surface area contributed by atoms with Gasteiger partial charge in [-0.15, -0.1) is 0 Å². The summed E-state index contributed by atoms with van der Waals surface area (Å²) in [6.07, 6.45) is 3.67. The van der Waals surface area contributed by atoms with Gasteiger partial charge in [0.05, 0.1) is 24.9 Å². The van der Waals surface area contributed by atoms with Crippen LogP contribution in [0.15, 0.2) is 41.2 Å². The van der Waals surface area contributed by atoms with Gasteiger partial charge in [-0.3, -0.25) is 9.78 Å². The molecule has 0 bridgehead atoms. The van der Waals surface area contributed by atoms with E-state index >= 15 is 0 Å². The van der Waals surface area contributed by atoms with Crippen LogP contribution in [-0.2, 0) is 27.3 Å². The Kier molecular flexibility index (Phi) is 6.34. The third kappa shape index (κ3) is 5.12. The number of hydrogen-bond donors (Lipinski definition) is 1. The summed E-state index contributed by atoms with van der Waals surface area (Å²) >= 11 is 1.66. The summed E-state index contributed by atoms with van der Waals surface area (Å²) in [5.41, 5.74) is 2.09. The number of aromatic nitrogens is 1. The largest absolute Gasteiger partial charge is 0.379 e. The molecule has 3 rings (SSSR count). The number of ether oxygens (including phenoxy) is 2. The predicted molar refractivity (Wildman–Crippen MR) is 92.8 cm³/mol. The first-order valence-corrected chi connectivity index (χ1v) is 9.15. The van der Waals surface area contributed by atoms with E-state index in [1.54, 1.807) is 17.5 Å². The van der Waals surface area contributed by atoms with Crippen LogP contribution in [0.1, 0.15) is 24.1 Å². The molecule has 5 nitrogen and oxygen atoms in total. The van der Waals surface area contributed by atoms with E-state index in [0.29, 0.717) is 26.2 Å². The van der Waals surface area contributed by atoms with E-state index in [1.807, 2.05) is 23.6 Å². The molecule has 1 N–H and O–H groups in total. The number of aryl methyl sites for hydroxylation is 1. The monoisotopic (exact) mass is 346 g/mol. The molecule has 2 aromatic rings. The van der Waals surface area contributed by atoms with Crippen LogP contribution in [0.5, 0.6) is 0 Å². The van der Waals surface area contributed by atoms with Crippen LogP contribution >= 0.6 is 11.3 Å². The van der Waals surface area contributed by atoms with E-state index in [-0.39, 0.29) is 18.1 Å². The van der Waals surface area contributed by atoms with Crippen molar-refractivity contribution in [3.05, 3.63) is 52.5 Å². The summed E-state index contributed by atoms with van der Waals surface area (Å²) in [5.74, 6) is 0.0690. The molecule has 0 spiro atoms. The van der Waals surface area contributed by atoms with Gasteiger partial charge in [0.2, 0.25) is 5.91 Å². The van der Waals surface area contributed by atoms with E-state index in [4.69, 9.17) is 9.47 Å². The highest BCUT2D eigenvalue weighted by molar-refractivity contribution is 7.07. The van der Waals surface area contributed by atoms with Crippen molar-refractivity contribution in [1.82, 2.24) is 10.3 Å². The molecule has 6 heteroatoms. The van der Waals surface area contributed by atoms with Gasteiger partial charge in [0.1, 0.15) is 6.10 Å². The maximum atomic E-state index is 12.2. The maximum Gasteiger partial charge on any atom is 0.220 e. The summed E-state index contributed by atoms with van der Waals surface area (Å²) < 4.78 is 11.4. The molecule has 0 aromatic carbocycles. The Balaban J connectivity index is 1.47. The smallest absolute Gasteiger partial charge is 0.220 e. The molecular formula is C18H22N2O3S. The highest BCUT2D eigenvalue weighted by Gasteiger charge is 2.28. The summed E-state index contributed by atoms with van der Waals surface area (Å²) in [5, 5.41) is 7.23. The molecule has 2 atom stereocenters. The molecule has 128 valence electrons. The van der Waals surface area contributed by atoms with Crippen molar-refractivity contribution in [2.75, 3.05) is 13.2 Å². The number of carbonyl (C=O) groups excluding carboxylic acids is 1. The molecule has 3 heterocycles. The molecule has 2 aromatic heterocycles. The lowest BCUT2D eigenvalue weighted by atomic mass is 10.1. The van der Waals surface area contributed by atoms with Gasteiger partial charge in [-0.2, -0.15) is 11.3 Å². The number of nitrogens with one attached hydrogen (secondary N) is 1. The molecule has 1 amide bonds. The minimum Gasteiger partial charge on any atom is -0.379 e. The molecule has 0 saturated carbocycles. The van der Waals surface area contributed by atoms with Gasteiger partial charge < -0.3 is 14.8 Å². The molecule has 24 heavy (non-hydrogen) atoms. The minimum absolute atomic E-state index is 0.00237. The highest BCUT2D eigenvalue weighted by Crippen LogP contribution is 2.14. The average molecular weight is 346 g/mol. The SMILES string of the molecule is O=C(CCc1ccsc1)N[C@@H]1CCOC[C@H]1OCc1ccccn1. The van der Waals surface area contributed by atoms with E-state index in [0.717, 1.165) is 18.5 Å². The van der Waals surface area contributed by atoms with Crippen molar-refractivity contribution in [1.29, 1.82) is 0 Å². The topological polar surface area (TPSA) is 60.5 Å². The Labute approximate surface area is 146 Å². The van der Waals surface area contributed by atoms with Gasteiger partial charge >= 0.3 is 0 Å². The molecule has 0 radical (unpaired) electrons. The van der Waals surface area contributed by atoms with Crippen molar-refractivity contribution in [2.45, 2.75) is 38.0 Å². The first kappa shape index (κ1) is 17.1. The van der Waals surface area contributed by atoms with Gasteiger partial charge in [0.25, 0.3) is 0 Å². The second kappa shape index (κ2) is 8.92. The van der Waals surface area contributed by atoms with E-state index < -0.39 is 0 Å². The molecule has 1 fully saturated rings. The van der Waals surface area contributed by atoms with Crippen molar-refractivity contribution in [3.8, 4) is 0 Å². The van der Waals surface area contributed by atoms with Crippen molar-refractivity contribution >= 4 is 17.2 Å². The second-order valence-electron chi connectivity index (χ2n) is 5.84. The first-order chi connectivity index (χ1) is 11.8. The zero-order valence-corrected chi connectivity index (χ0v) is 14.3. The molecule has 1 aliphatic rings. The lowest BCUT2D eigenvalue weighted by molar-refractivity contribution is -0.126. The van der Waals surface area contributed by atoms with E-state index in [2.05, 4.69) is 21.7 Å². The Morgan fingerprint density at radius 3 is 3.17 bits per heavy atom. The number of hydrogen-bond acceptors (Lipinski definition) is 5. The zero-order chi connectivity index (χ0) is 16.6. The number of carbonyl (C=O) groups is 1. The van der Waals surface area contributed by atoms with Crippen LogP contribution in [0.25, 0.3) is 0 Å². The normalized spacial score (nSPS) is 20.7. The number of nitrogens with zero attached hydrogens (tertiary/aromatic N) is 1. The van der Waals surface area contributed by atoms with Crippen LogP contribution in [0, 0.1) is 0 Å². The van der Waals surface area contributed by atoms with Crippen LogP contribution in [-0.4, -0.2) is 36.3 Å². The fourth-order valence-corrected chi connectivity index (χ4v) is 3.39. The summed E-state index contributed by atoms with van der Waals surface area (Å²) in [7, 11) is 0.